The van der Waals surface area contributed by atoms with Crippen LogP contribution in [0.2, 0.25) is 0 Å². The Kier molecular flexibility index (Phi) is 40.7. The lowest BCUT2D eigenvalue weighted by Gasteiger charge is -2.40. The summed E-state index contributed by atoms with van der Waals surface area (Å²) in [6.45, 7) is 3.76. The van der Waals surface area contributed by atoms with Crippen LogP contribution in [-0.2, 0) is 14.3 Å². The third-order valence-electron chi connectivity index (χ3n) is 12.9. The van der Waals surface area contributed by atoms with Crippen LogP contribution in [0.3, 0.4) is 0 Å². The van der Waals surface area contributed by atoms with E-state index in [0.29, 0.717) is 6.42 Å². The molecule has 1 rings (SSSR count). The number of allylic oxidation sites excluding steroid dienone is 1. The first-order valence-corrected chi connectivity index (χ1v) is 26.4. The fourth-order valence-corrected chi connectivity index (χ4v) is 8.63. The SMILES string of the molecule is CCCCCCCCCCCCCCCCCCCCCCCCCCCCCC/C=C/C(O)C(COC1OC(CO)C(O)C(O)C1O)NC(=O)CCCCCCCCCC. The molecule has 9 heteroatoms. The van der Waals surface area contributed by atoms with Gasteiger partial charge in [-0.3, -0.25) is 4.79 Å². The van der Waals surface area contributed by atoms with Crippen LogP contribution in [0.25, 0.3) is 0 Å². The minimum atomic E-state index is -1.56. The van der Waals surface area contributed by atoms with Gasteiger partial charge < -0.3 is 40.3 Å². The average molecular weight is 868 g/mol. The molecule has 0 aromatic carbocycles. The lowest BCUT2D eigenvalue weighted by atomic mass is 9.99. The van der Waals surface area contributed by atoms with Gasteiger partial charge >= 0.3 is 0 Å². The van der Waals surface area contributed by atoms with Crippen molar-refractivity contribution in [2.75, 3.05) is 13.2 Å². The van der Waals surface area contributed by atoms with Crippen molar-refractivity contribution in [1.82, 2.24) is 5.32 Å². The van der Waals surface area contributed by atoms with E-state index < -0.39 is 49.5 Å². The highest BCUT2D eigenvalue weighted by Crippen LogP contribution is 2.23. The number of nitrogens with one attached hydrogen (secondary N) is 1. The number of hydrogen-bond acceptors (Lipinski definition) is 8. The summed E-state index contributed by atoms with van der Waals surface area (Å²) < 4.78 is 11.2. The molecule has 1 heterocycles. The van der Waals surface area contributed by atoms with Gasteiger partial charge in [-0.2, -0.15) is 0 Å². The monoisotopic (exact) mass is 868 g/mol. The summed E-state index contributed by atoms with van der Waals surface area (Å²) in [7, 11) is 0. The van der Waals surface area contributed by atoms with Gasteiger partial charge in [-0.15, -0.1) is 0 Å². The number of carbonyl (C=O) groups excluding carboxylic acids is 1. The first-order chi connectivity index (χ1) is 29.8. The van der Waals surface area contributed by atoms with E-state index in [-0.39, 0.29) is 12.5 Å². The summed E-state index contributed by atoms with van der Waals surface area (Å²) in [5, 5.41) is 54.1. The highest BCUT2D eigenvalue weighted by Gasteiger charge is 2.44. The van der Waals surface area contributed by atoms with Crippen molar-refractivity contribution in [3.05, 3.63) is 12.2 Å². The van der Waals surface area contributed by atoms with Crippen LogP contribution < -0.4 is 5.32 Å². The Morgan fingerprint density at radius 1 is 0.541 bits per heavy atom. The van der Waals surface area contributed by atoms with Gasteiger partial charge in [0.1, 0.15) is 24.4 Å². The molecule has 0 radical (unpaired) electrons. The van der Waals surface area contributed by atoms with Crippen molar-refractivity contribution in [3.63, 3.8) is 0 Å². The molecule has 1 amide bonds. The molecule has 1 saturated heterocycles. The van der Waals surface area contributed by atoms with Crippen molar-refractivity contribution in [1.29, 1.82) is 0 Å². The molecule has 0 aliphatic carbocycles. The van der Waals surface area contributed by atoms with Gasteiger partial charge in [0.25, 0.3) is 0 Å². The minimum Gasteiger partial charge on any atom is -0.394 e. The van der Waals surface area contributed by atoms with Crippen LogP contribution in [0.5, 0.6) is 0 Å². The van der Waals surface area contributed by atoms with Gasteiger partial charge in [-0.05, 0) is 19.3 Å². The maximum absolute atomic E-state index is 12.9. The highest BCUT2D eigenvalue weighted by molar-refractivity contribution is 5.76. The third-order valence-corrected chi connectivity index (χ3v) is 12.9. The molecule has 7 atom stereocenters. The van der Waals surface area contributed by atoms with Gasteiger partial charge in [-0.1, -0.05) is 244 Å². The largest absolute Gasteiger partial charge is 0.394 e. The first kappa shape index (κ1) is 57.9. The standard InChI is InChI=1S/C52H101NO8/c1-3-5-7-9-11-13-14-15-16-17-18-19-20-21-22-23-24-25-26-27-28-29-30-31-32-33-34-35-37-39-41-46(55)45(53-48(56)42-40-38-36-12-10-8-6-4-2)44-60-52-51(59)50(58)49(57)47(43-54)61-52/h39,41,45-47,49-52,54-55,57-59H,3-38,40,42-44H2,1-2H3,(H,53,56)/b41-39+. The van der Waals surface area contributed by atoms with Gasteiger partial charge in [0.2, 0.25) is 5.91 Å². The Labute approximate surface area is 376 Å². The number of carbonyl (C=O) groups is 1. The maximum Gasteiger partial charge on any atom is 0.220 e. The van der Waals surface area contributed by atoms with Crippen molar-refractivity contribution in [3.8, 4) is 0 Å². The van der Waals surface area contributed by atoms with Gasteiger partial charge in [0, 0.05) is 6.42 Å². The number of amides is 1. The van der Waals surface area contributed by atoms with Gasteiger partial charge in [0.05, 0.1) is 25.4 Å². The van der Waals surface area contributed by atoms with E-state index in [2.05, 4.69) is 19.2 Å². The zero-order valence-electron chi connectivity index (χ0n) is 39.9. The van der Waals surface area contributed by atoms with Crippen molar-refractivity contribution < 1.29 is 39.8 Å². The molecular formula is C52H101NO8. The molecule has 0 aromatic rings. The van der Waals surface area contributed by atoms with Crippen LogP contribution in [0.15, 0.2) is 12.2 Å². The van der Waals surface area contributed by atoms with E-state index >= 15 is 0 Å². The minimum absolute atomic E-state index is 0.179. The molecular weight excluding hydrogens is 767 g/mol. The molecule has 0 aromatic heterocycles. The molecule has 7 unspecified atom stereocenters. The quantitative estimate of drug-likeness (QED) is 0.0262. The number of ether oxygens (including phenoxy) is 2. The highest BCUT2D eigenvalue weighted by atomic mass is 16.7. The predicted octanol–water partition coefficient (Wildman–Crippen LogP) is 12.1. The molecule has 9 nitrogen and oxygen atoms in total. The number of aliphatic hydroxyl groups is 5. The second kappa shape index (κ2) is 42.9. The van der Waals surface area contributed by atoms with Crippen LogP contribution in [0.1, 0.15) is 258 Å². The Hall–Kier alpha value is -1.07. The van der Waals surface area contributed by atoms with E-state index in [1.807, 2.05) is 6.08 Å². The lowest BCUT2D eigenvalue weighted by Crippen LogP contribution is -2.60. The summed E-state index contributed by atoms with van der Waals surface area (Å²) in [5.41, 5.74) is 0. The maximum atomic E-state index is 12.9. The van der Waals surface area contributed by atoms with Crippen LogP contribution in [0.4, 0.5) is 0 Å². The van der Waals surface area contributed by atoms with Gasteiger partial charge in [-0.25, -0.2) is 0 Å². The van der Waals surface area contributed by atoms with Crippen LogP contribution >= 0.6 is 0 Å². The predicted molar refractivity (Wildman–Crippen MR) is 254 cm³/mol. The second-order valence-corrected chi connectivity index (χ2v) is 18.7. The molecule has 61 heavy (non-hydrogen) atoms. The topological polar surface area (TPSA) is 149 Å². The molecule has 1 aliphatic heterocycles. The smallest absolute Gasteiger partial charge is 0.220 e. The molecule has 362 valence electrons. The zero-order valence-corrected chi connectivity index (χ0v) is 39.9. The summed E-state index contributed by atoms with van der Waals surface area (Å²) >= 11 is 0. The van der Waals surface area contributed by atoms with E-state index in [0.717, 1.165) is 38.5 Å². The van der Waals surface area contributed by atoms with E-state index in [1.165, 1.54) is 199 Å². The molecule has 0 spiro atoms. The van der Waals surface area contributed by atoms with E-state index in [4.69, 9.17) is 9.47 Å². The van der Waals surface area contributed by atoms with E-state index in [9.17, 15) is 30.3 Å². The molecule has 0 saturated carbocycles. The third kappa shape index (κ3) is 33.1. The first-order valence-electron chi connectivity index (χ1n) is 26.4. The number of rotatable bonds is 45. The summed E-state index contributed by atoms with van der Waals surface area (Å²) in [4.78, 5) is 12.9. The van der Waals surface area contributed by atoms with Gasteiger partial charge in [0.15, 0.2) is 6.29 Å². The van der Waals surface area contributed by atoms with E-state index in [1.54, 1.807) is 6.08 Å². The average Bonchev–Trinajstić information content (AvgIpc) is 3.26. The Morgan fingerprint density at radius 2 is 0.902 bits per heavy atom. The normalized spacial score (nSPS) is 20.4. The molecule has 6 N–H and O–H groups in total. The fourth-order valence-electron chi connectivity index (χ4n) is 8.63. The summed E-state index contributed by atoms with van der Waals surface area (Å²) in [6.07, 6.45) is 44.5. The number of unbranched alkanes of at least 4 members (excludes halogenated alkanes) is 35. The molecule has 1 fully saturated rings. The second-order valence-electron chi connectivity index (χ2n) is 18.7. The Bertz CT molecular complexity index is 966. The summed E-state index contributed by atoms with van der Waals surface area (Å²) in [6, 6.07) is -0.797. The Balaban J connectivity index is 2.11. The number of hydrogen-bond donors (Lipinski definition) is 6. The lowest BCUT2D eigenvalue weighted by molar-refractivity contribution is -0.302. The van der Waals surface area contributed by atoms with Crippen molar-refractivity contribution in [2.45, 2.75) is 301 Å². The fraction of sp³-hybridized carbons (Fsp3) is 0.942. The Morgan fingerprint density at radius 3 is 1.28 bits per heavy atom. The van der Waals surface area contributed by atoms with Crippen molar-refractivity contribution >= 4 is 5.91 Å². The summed E-state index contributed by atoms with van der Waals surface area (Å²) in [5.74, 6) is -0.179. The van der Waals surface area contributed by atoms with Crippen molar-refractivity contribution in [2.24, 2.45) is 0 Å². The number of aliphatic hydroxyl groups excluding tert-OH is 5. The molecule has 1 aliphatic rings. The molecule has 0 bridgehead atoms. The zero-order chi connectivity index (χ0) is 44.4. The van der Waals surface area contributed by atoms with Crippen LogP contribution in [-0.4, -0.2) is 87.5 Å². The van der Waals surface area contributed by atoms with Crippen LogP contribution in [0, 0.1) is 0 Å².